The van der Waals surface area contributed by atoms with Gasteiger partial charge in [-0.25, -0.2) is 0 Å². The molecule has 0 aliphatic rings. The molecule has 0 radical (unpaired) electrons. The number of nitrogens with one attached hydrogen (secondary N) is 1. The molecule has 0 saturated heterocycles. The first-order valence-corrected chi connectivity index (χ1v) is 6.88. The van der Waals surface area contributed by atoms with Crippen molar-refractivity contribution in [2.45, 2.75) is 26.4 Å². The lowest BCUT2D eigenvalue weighted by molar-refractivity contribution is 0.0958. The molecule has 1 heterocycles. The second-order valence-electron chi connectivity index (χ2n) is 4.64. The van der Waals surface area contributed by atoms with Crippen molar-refractivity contribution in [1.29, 1.82) is 0 Å². The summed E-state index contributed by atoms with van der Waals surface area (Å²) in [5.41, 5.74) is 2.08. The van der Waals surface area contributed by atoms with Gasteiger partial charge in [0.15, 0.2) is 5.82 Å². The molecule has 20 heavy (non-hydrogen) atoms. The fraction of sp³-hybridized carbons (Fsp3) is 0.467. The summed E-state index contributed by atoms with van der Waals surface area (Å²) in [4.78, 5) is 4.22. The van der Waals surface area contributed by atoms with E-state index in [0.717, 1.165) is 30.6 Å². The third-order valence-electron chi connectivity index (χ3n) is 3.17. The number of aromatic nitrogens is 2. The molecule has 2 rings (SSSR count). The zero-order chi connectivity index (χ0) is 14.4. The Morgan fingerprint density at radius 2 is 2.05 bits per heavy atom. The van der Waals surface area contributed by atoms with Gasteiger partial charge >= 0.3 is 0 Å². The van der Waals surface area contributed by atoms with Crippen LogP contribution in [0.5, 0.6) is 0 Å². The quantitative estimate of drug-likeness (QED) is 0.787. The predicted octanol–water partition coefficient (Wildman–Crippen LogP) is 2.73. The van der Waals surface area contributed by atoms with Crippen molar-refractivity contribution in [1.82, 2.24) is 15.5 Å². The van der Waals surface area contributed by atoms with E-state index in [1.807, 2.05) is 19.1 Å². The number of nitrogens with zero attached hydrogens (tertiary/aromatic N) is 2. The van der Waals surface area contributed by atoms with Crippen LogP contribution in [0.4, 0.5) is 0 Å². The third kappa shape index (κ3) is 3.65. The van der Waals surface area contributed by atoms with Crippen LogP contribution in [0.1, 0.15) is 30.8 Å². The van der Waals surface area contributed by atoms with Gasteiger partial charge in [-0.05, 0) is 44.1 Å². The topological polar surface area (TPSA) is 60.2 Å². The van der Waals surface area contributed by atoms with Gasteiger partial charge in [-0.2, -0.15) is 4.98 Å². The number of methoxy groups -OCH3 is 1. The number of ether oxygens (including phenoxy) is 1. The van der Waals surface area contributed by atoms with Crippen molar-refractivity contribution in [3.8, 4) is 11.5 Å². The second kappa shape index (κ2) is 7.17. The highest BCUT2D eigenvalue weighted by Crippen LogP contribution is 2.24. The SMILES string of the molecule is CCNCCC(OC)c1ccc(-c2nc(C)no2)cc1. The molecule has 2 aromatic rings. The van der Waals surface area contributed by atoms with Crippen LogP contribution in [0.15, 0.2) is 28.8 Å². The first kappa shape index (κ1) is 14.7. The van der Waals surface area contributed by atoms with Gasteiger partial charge in [0, 0.05) is 12.7 Å². The van der Waals surface area contributed by atoms with Gasteiger partial charge in [0.25, 0.3) is 5.89 Å². The number of benzene rings is 1. The van der Waals surface area contributed by atoms with Crippen LogP contribution in [-0.4, -0.2) is 30.3 Å². The van der Waals surface area contributed by atoms with E-state index in [-0.39, 0.29) is 6.10 Å². The van der Waals surface area contributed by atoms with Crippen LogP contribution >= 0.6 is 0 Å². The van der Waals surface area contributed by atoms with Gasteiger partial charge in [0.05, 0.1) is 6.10 Å². The molecule has 1 N–H and O–H groups in total. The van der Waals surface area contributed by atoms with E-state index >= 15 is 0 Å². The van der Waals surface area contributed by atoms with Gasteiger partial charge in [-0.3, -0.25) is 0 Å². The van der Waals surface area contributed by atoms with Gasteiger partial charge in [-0.15, -0.1) is 0 Å². The van der Waals surface area contributed by atoms with Gasteiger partial charge in [-0.1, -0.05) is 24.2 Å². The lowest BCUT2D eigenvalue weighted by Gasteiger charge is -2.16. The summed E-state index contributed by atoms with van der Waals surface area (Å²) in [5.74, 6) is 1.19. The molecule has 0 bridgehead atoms. The number of rotatable bonds is 7. The number of aryl methyl sites for hydroxylation is 1. The molecule has 0 saturated carbocycles. The van der Waals surface area contributed by atoms with E-state index in [9.17, 15) is 0 Å². The molecule has 5 heteroatoms. The Balaban J connectivity index is 2.06. The average Bonchev–Trinajstić information content (AvgIpc) is 2.91. The molecule has 5 nitrogen and oxygen atoms in total. The van der Waals surface area contributed by atoms with Gasteiger partial charge < -0.3 is 14.6 Å². The van der Waals surface area contributed by atoms with Crippen LogP contribution < -0.4 is 5.32 Å². The maximum atomic E-state index is 5.54. The first-order chi connectivity index (χ1) is 9.74. The van der Waals surface area contributed by atoms with E-state index < -0.39 is 0 Å². The molecule has 1 aromatic carbocycles. The molecular weight excluding hydrogens is 254 g/mol. The minimum absolute atomic E-state index is 0.104. The van der Waals surface area contributed by atoms with Crippen LogP contribution in [0, 0.1) is 6.92 Å². The van der Waals surface area contributed by atoms with E-state index in [2.05, 4.69) is 34.5 Å². The fourth-order valence-electron chi connectivity index (χ4n) is 2.09. The van der Waals surface area contributed by atoms with Gasteiger partial charge in [0.1, 0.15) is 0 Å². The smallest absolute Gasteiger partial charge is 0.257 e. The Bertz CT molecular complexity index is 522. The van der Waals surface area contributed by atoms with Crippen molar-refractivity contribution in [2.75, 3.05) is 20.2 Å². The Morgan fingerprint density at radius 1 is 1.30 bits per heavy atom. The molecule has 0 spiro atoms. The highest BCUT2D eigenvalue weighted by Gasteiger charge is 2.11. The Hall–Kier alpha value is -1.72. The molecule has 1 aromatic heterocycles. The summed E-state index contributed by atoms with van der Waals surface area (Å²) < 4.78 is 10.7. The molecule has 1 atom stereocenters. The summed E-state index contributed by atoms with van der Waals surface area (Å²) in [6.07, 6.45) is 1.05. The van der Waals surface area contributed by atoms with Crippen molar-refractivity contribution >= 4 is 0 Å². The van der Waals surface area contributed by atoms with Crippen molar-refractivity contribution in [3.63, 3.8) is 0 Å². The highest BCUT2D eigenvalue weighted by atomic mass is 16.5. The minimum atomic E-state index is 0.104. The summed E-state index contributed by atoms with van der Waals surface area (Å²) in [7, 11) is 1.74. The van der Waals surface area contributed by atoms with Crippen LogP contribution in [-0.2, 0) is 4.74 Å². The predicted molar refractivity (Wildman–Crippen MR) is 77.4 cm³/mol. The summed E-state index contributed by atoms with van der Waals surface area (Å²) in [6.45, 7) is 5.83. The lowest BCUT2D eigenvalue weighted by atomic mass is 10.0. The van der Waals surface area contributed by atoms with E-state index in [0.29, 0.717) is 11.7 Å². The van der Waals surface area contributed by atoms with Crippen molar-refractivity contribution < 1.29 is 9.26 Å². The lowest BCUT2D eigenvalue weighted by Crippen LogP contribution is -2.17. The van der Waals surface area contributed by atoms with Crippen molar-refractivity contribution in [3.05, 3.63) is 35.7 Å². The molecule has 0 aliphatic heterocycles. The third-order valence-corrected chi connectivity index (χ3v) is 3.17. The van der Waals surface area contributed by atoms with E-state index in [1.54, 1.807) is 7.11 Å². The Kier molecular flexibility index (Phi) is 5.26. The molecule has 108 valence electrons. The maximum Gasteiger partial charge on any atom is 0.257 e. The first-order valence-electron chi connectivity index (χ1n) is 6.88. The van der Waals surface area contributed by atoms with Gasteiger partial charge in [0.2, 0.25) is 0 Å². The normalized spacial score (nSPS) is 12.6. The zero-order valence-electron chi connectivity index (χ0n) is 12.2. The second-order valence-corrected chi connectivity index (χ2v) is 4.64. The van der Waals surface area contributed by atoms with Crippen LogP contribution in [0.3, 0.4) is 0 Å². The maximum absolute atomic E-state index is 5.54. The van der Waals surface area contributed by atoms with Crippen molar-refractivity contribution in [2.24, 2.45) is 0 Å². The summed E-state index contributed by atoms with van der Waals surface area (Å²) in [6, 6.07) is 8.08. The minimum Gasteiger partial charge on any atom is -0.377 e. The molecule has 0 fully saturated rings. The number of hydrogen-bond acceptors (Lipinski definition) is 5. The Morgan fingerprint density at radius 3 is 2.60 bits per heavy atom. The van der Waals surface area contributed by atoms with Crippen LogP contribution in [0.25, 0.3) is 11.5 Å². The molecule has 0 aliphatic carbocycles. The summed E-state index contributed by atoms with van der Waals surface area (Å²) in [5, 5.41) is 7.11. The molecule has 0 amide bonds. The molecular formula is C15H21N3O2. The van der Waals surface area contributed by atoms with E-state index in [4.69, 9.17) is 9.26 Å². The zero-order valence-corrected chi connectivity index (χ0v) is 12.2. The fourth-order valence-corrected chi connectivity index (χ4v) is 2.09. The monoisotopic (exact) mass is 275 g/mol. The highest BCUT2D eigenvalue weighted by molar-refractivity contribution is 5.53. The standard InChI is InChI=1S/C15H21N3O2/c1-4-16-10-9-14(19-3)12-5-7-13(8-6-12)15-17-11(2)18-20-15/h5-8,14,16H,4,9-10H2,1-3H3. The summed E-state index contributed by atoms with van der Waals surface area (Å²) >= 11 is 0. The Labute approximate surface area is 119 Å². The van der Waals surface area contributed by atoms with Crippen LogP contribution in [0.2, 0.25) is 0 Å². The largest absolute Gasteiger partial charge is 0.377 e. The number of hydrogen-bond donors (Lipinski definition) is 1. The molecule has 1 unspecified atom stereocenters. The average molecular weight is 275 g/mol. The van der Waals surface area contributed by atoms with E-state index in [1.165, 1.54) is 0 Å².